The molecule has 1 amide bonds. The molecular weight excluding hydrogens is 302 g/mol. The van der Waals surface area contributed by atoms with Gasteiger partial charge < -0.3 is 5.32 Å². The van der Waals surface area contributed by atoms with Crippen LogP contribution in [0.2, 0.25) is 0 Å². The molecule has 124 valence electrons. The van der Waals surface area contributed by atoms with Crippen molar-refractivity contribution in [1.29, 1.82) is 10.5 Å². The lowest BCUT2D eigenvalue weighted by Gasteiger charge is -2.39. The second-order valence-corrected chi connectivity index (χ2v) is 7.83. The Morgan fingerprint density at radius 1 is 1.08 bits per heavy atom. The Bertz CT molecular complexity index is 829. The summed E-state index contributed by atoms with van der Waals surface area (Å²) >= 11 is 0. The van der Waals surface area contributed by atoms with E-state index in [4.69, 9.17) is 0 Å². The van der Waals surface area contributed by atoms with Crippen LogP contribution in [0.5, 0.6) is 0 Å². The highest BCUT2D eigenvalue weighted by atomic mass is 16.2. The molecule has 1 fully saturated rings. The molecule has 6 heteroatoms. The number of nitrogens with zero attached hydrogens (tertiary/aromatic N) is 4. The van der Waals surface area contributed by atoms with Crippen LogP contribution in [0.3, 0.4) is 0 Å². The molecule has 2 aliphatic carbocycles. The first-order valence-corrected chi connectivity index (χ1v) is 8.20. The van der Waals surface area contributed by atoms with E-state index in [0.29, 0.717) is 17.8 Å². The number of nitrogens with one attached hydrogen (secondary N) is 1. The van der Waals surface area contributed by atoms with Gasteiger partial charge in [0.25, 0.3) is 0 Å². The van der Waals surface area contributed by atoms with Gasteiger partial charge in [0, 0.05) is 11.5 Å². The monoisotopic (exact) mass is 323 g/mol. The van der Waals surface area contributed by atoms with E-state index in [-0.39, 0.29) is 28.8 Å². The molecule has 1 aromatic rings. The van der Waals surface area contributed by atoms with Crippen molar-refractivity contribution in [3.63, 3.8) is 0 Å². The van der Waals surface area contributed by atoms with E-state index in [9.17, 15) is 15.3 Å². The van der Waals surface area contributed by atoms with Gasteiger partial charge in [0.15, 0.2) is 11.4 Å². The predicted octanol–water partition coefficient (Wildman–Crippen LogP) is 2.07. The van der Waals surface area contributed by atoms with E-state index in [1.807, 2.05) is 26.0 Å². The number of amides is 1. The lowest BCUT2D eigenvalue weighted by atomic mass is 9.63. The first kappa shape index (κ1) is 16.4. The fourth-order valence-electron chi connectivity index (χ4n) is 4.53. The first-order chi connectivity index (χ1) is 11.2. The molecule has 0 saturated heterocycles. The first-order valence-electron chi connectivity index (χ1n) is 8.20. The topological polar surface area (TPSA) is 102 Å². The highest BCUT2D eigenvalue weighted by Crippen LogP contribution is 2.70. The van der Waals surface area contributed by atoms with Gasteiger partial charge in [-0.15, -0.1) is 0 Å². The maximum Gasteiger partial charge on any atom is 0.233 e. The van der Waals surface area contributed by atoms with E-state index in [1.165, 1.54) is 0 Å². The van der Waals surface area contributed by atoms with Crippen LogP contribution < -0.4 is 5.32 Å². The van der Waals surface area contributed by atoms with Crippen molar-refractivity contribution in [2.24, 2.45) is 5.41 Å². The molecule has 24 heavy (non-hydrogen) atoms. The molecule has 0 aliphatic heterocycles. The summed E-state index contributed by atoms with van der Waals surface area (Å²) in [5.41, 5.74) is -0.234. The van der Waals surface area contributed by atoms with Crippen LogP contribution in [0.1, 0.15) is 70.2 Å². The third-order valence-corrected chi connectivity index (χ3v) is 6.29. The molecule has 2 aliphatic rings. The normalized spacial score (nSPS) is 29.0. The molecule has 1 heterocycles. The average molecular weight is 323 g/mol. The van der Waals surface area contributed by atoms with Gasteiger partial charge in [-0.1, -0.05) is 20.8 Å². The quantitative estimate of drug-likeness (QED) is 0.897. The highest BCUT2D eigenvalue weighted by Gasteiger charge is 2.73. The summed E-state index contributed by atoms with van der Waals surface area (Å²) in [7, 11) is 0. The second kappa shape index (κ2) is 4.77. The van der Waals surface area contributed by atoms with E-state index in [1.54, 1.807) is 0 Å². The number of aromatic nitrogens is 2. The molecule has 6 nitrogen and oxygen atoms in total. The largest absolute Gasteiger partial charge is 0.353 e. The number of nitriles is 2. The number of carbonyl (C=O) groups is 1. The molecule has 0 radical (unpaired) electrons. The van der Waals surface area contributed by atoms with Crippen molar-refractivity contribution >= 4 is 5.91 Å². The summed E-state index contributed by atoms with van der Waals surface area (Å²) < 4.78 is 0. The molecule has 2 bridgehead atoms. The molecule has 1 saturated carbocycles. The van der Waals surface area contributed by atoms with Gasteiger partial charge in [-0.2, -0.15) is 10.5 Å². The Balaban J connectivity index is 2.32. The SMILES string of the molecule is CC(C)NC(=O)C12CCC(C)(c3nc(C#N)c(C#N)nc31)C2(C)C. The third kappa shape index (κ3) is 1.61. The lowest BCUT2D eigenvalue weighted by molar-refractivity contribution is -0.131. The van der Waals surface area contributed by atoms with Crippen LogP contribution in [0.15, 0.2) is 0 Å². The van der Waals surface area contributed by atoms with Crippen molar-refractivity contribution in [3.05, 3.63) is 22.8 Å². The molecule has 0 spiro atoms. The van der Waals surface area contributed by atoms with Crippen molar-refractivity contribution in [3.8, 4) is 12.1 Å². The van der Waals surface area contributed by atoms with Gasteiger partial charge in [0.05, 0.1) is 16.8 Å². The van der Waals surface area contributed by atoms with Crippen molar-refractivity contribution in [2.75, 3.05) is 0 Å². The minimum atomic E-state index is -0.812. The average Bonchev–Trinajstić information content (AvgIpc) is 2.81. The summed E-state index contributed by atoms with van der Waals surface area (Å²) in [6, 6.07) is 3.92. The van der Waals surface area contributed by atoms with Gasteiger partial charge >= 0.3 is 0 Å². The van der Waals surface area contributed by atoms with E-state index >= 15 is 0 Å². The van der Waals surface area contributed by atoms with Gasteiger partial charge in [-0.25, -0.2) is 9.97 Å². The molecule has 1 N–H and O–H groups in total. The van der Waals surface area contributed by atoms with Gasteiger partial charge in [0.1, 0.15) is 12.1 Å². The molecule has 0 aromatic carbocycles. The van der Waals surface area contributed by atoms with Crippen LogP contribution >= 0.6 is 0 Å². The van der Waals surface area contributed by atoms with Crippen molar-refractivity contribution < 1.29 is 4.79 Å². The Hall–Kier alpha value is -2.47. The zero-order valence-electron chi connectivity index (χ0n) is 14.7. The molecular formula is C18H21N5O. The maximum atomic E-state index is 13.2. The molecule has 2 unspecified atom stereocenters. The lowest BCUT2D eigenvalue weighted by Crippen LogP contribution is -2.52. The third-order valence-electron chi connectivity index (χ3n) is 6.29. The van der Waals surface area contributed by atoms with Crippen LogP contribution in [-0.2, 0) is 15.6 Å². The summed E-state index contributed by atoms with van der Waals surface area (Å²) in [4.78, 5) is 22.1. The minimum Gasteiger partial charge on any atom is -0.353 e. The predicted molar refractivity (Wildman–Crippen MR) is 86.8 cm³/mol. The smallest absolute Gasteiger partial charge is 0.233 e. The Morgan fingerprint density at radius 2 is 1.62 bits per heavy atom. The van der Waals surface area contributed by atoms with Crippen molar-refractivity contribution in [2.45, 2.75) is 64.3 Å². The molecule has 2 atom stereocenters. The van der Waals surface area contributed by atoms with Crippen molar-refractivity contribution in [1.82, 2.24) is 15.3 Å². The van der Waals surface area contributed by atoms with Crippen LogP contribution in [0, 0.1) is 28.1 Å². The number of carbonyl (C=O) groups excluding carboxylic acids is 1. The number of rotatable bonds is 2. The van der Waals surface area contributed by atoms with Crippen LogP contribution in [0.25, 0.3) is 0 Å². The van der Waals surface area contributed by atoms with Gasteiger partial charge in [0.2, 0.25) is 5.91 Å². The fourth-order valence-corrected chi connectivity index (χ4v) is 4.53. The van der Waals surface area contributed by atoms with Crippen LogP contribution in [-0.4, -0.2) is 21.9 Å². The Kier molecular flexibility index (Phi) is 3.26. The van der Waals surface area contributed by atoms with E-state index < -0.39 is 10.8 Å². The highest BCUT2D eigenvalue weighted by molar-refractivity contribution is 5.92. The summed E-state index contributed by atoms with van der Waals surface area (Å²) in [6.07, 6.45) is 1.48. The fraction of sp³-hybridized carbons (Fsp3) is 0.611. The molecule has 3 rings (SSSR count). The Morgan fingerprint density at radius 3 is 2.12 bits per heavy atom. The zero-order chi connectivity index (χ0) is 17.9. The van der Waals surface area contributed by atoms with E-state index in [0.717, 1.165) is 6.42 Å². The van der Waals surface area contributed by atoms with Gasteiger partial charge in [-0.05, 0) is 32.1 Å². The second-order valence-electron chi connectivity index (χ2n) is 7.83. The summed E-state index contributed by atoms with van der Waals surface area (Å²) in [6.45, 7) is 10.1. The number of hydrogen-bond acceptors (Lipinski definition) is 5. The summed E-state index contributed by atoms with van der Waals surface area (Å²) in [5.74, 6) is -0.0622. The van der Waals surface area contributed by atoms with Gasteiger partial charge in [-0.3, -0.25) is 4.79 Å². The Labute approximate surface area is 141 Å². The van der Waals surface area contributed by atoms with E-state index in [2.05, 4.69) is 36.1 Å². The zero-order valence-corrected chi connectivity index (χ0v) is 14.7. The maximum absolute atomic E-state index is 13.2. The standard InChI is InChI=1S/C18H21N5O/c1-10(2)21-15(24)18-7-6-17(5,16(18,3)4)13-14(18)23-12(9-20)11(8-19)22-13/h10H,6-7H2,1-5H3,(H,21,24). The number of fused-ring (bicyclic) bond motifs is 5. The molecule has 1 aromatic heterocycles. The number of hydrogen-bond donors (Lipinski definition) is 1. The summed E-state index contributed by atoms with van der Waals surface area (Å²) in [5, 5.41) is 21.6. The minimum absolute atomic E-state index is 0.0000723. The van der Waals surface area contributed by atoms with Crippen LogP contribution in [0.4, 0.5) is 0 Å².